The number of rotatable bonds is 1. The van der Waals surface area contributed by atoms with Crippen LogP contribution in [0.2, 0.25) is 0 Å². The maximum absolute atomic E-state index is 5.49. The van der Waals surface area contributed by atoms with Gasteiger partial charge in [-0.2, -0.15) is 0 Å². The molecule has 0 saturated heterocycles. The molecule has 0 amide bonds. The van der Waals surface area contributed by atoms with Gasteiger partial charge in [0.1, 0.15) is 0 Å². The highest BCUT2D eigenvalue weighted by Gasteiger charge is 2.37. The summed E-state index contributed by atoms with van der Waals surface area (Å²) in [5.74, 6) is 0. The molecule has 2 N–H and O–H groups in total. The molecule has 2 aliphatic rings. The zero-order chi connectivity index (χ0) is 12.7. The fraction of sp³-hybridized carbons (Fsp3) is 0.357. The summed E-state index contributed by atoms with van der Waals surface area (Å²) >= 11 is 2.45. The molecular formula is C14H17IN2. The van der Waals surface area contributed by atoms with Gasteiger partial charge in [-0.25, -0.2) is 0 Å². The number of hydrogen-bond donors (Lipinski definition) is 1. The number of halogens is 1. The van der Waals surface area contributed by atoms with Crippen LogP contribution in [0, 0.1) is 5.41 Å². The first kappa shape index (κ1) is 12.6. The lowest BCUT2D eigenvalue weighted by Crippen LogP contribution is -2.22. The average molecular weight is 340 g/mol. The Morgan fingerprint density at radius 3 is 2.71 bits per heavy atom. The van der Waals surface area contributed by atoms with Crippen molar-refractivity contribution in [1.29, 1.82) is 0 Å². The molecule has 0 aromatic heterocycles. The second kappa shape index (κ2) is 4.12. The molecular weight excluding hydrogens is 323 g/mol. The van der Waals surface area contributed by atoms with Gasteiger partial charge in [0.25, 0.3) is 0 Å². The Labute approximate surface area is 116 Å². The second-order valence-corrected chi connectivity index (χ2v) is 7.43. The quantitative estimate of drug-likeness (QED) is 0.576. The van der Waals surface area contributed by atoms with Crippen LogP contribution >= 0.6 is 22.6 Å². The highest BCUT2D eigenvalue weighted by Crippen LogP contribution is 2.44. The molecule has 0 fully saturated rings. The fourth-order valence-electron chi connectivity index (χ4n) is 2.16. The van der Waals surface area contributed by atoms with E-state index in [1.165, 1.54) is 5.57 Å². The number of aliphatic imine (C=N–C) groups is 1. The molecule has 0 saturated carbocycles. The van der Waals surface area contributed by atoms with Crippen molar-refractivity contribution in [3.05, 3.63) is 47.9 Å². The summed E-state index contributed by atoms with van der Waals surface area (Å²) < 4.78 is 0.0417. The van der Waals surface area contributed by atoms with Crippen LogP contribution in [0.25, 0.3) is 0 Å². The van der Waals surface area contributed by atoms with Crippen molar-refractivity contribution in [2.75, 3.05) is 0 Å². The van der Waals surface area contributed by atoms with Crippen molar-refractivity contribution in [3.63, 3.8) is 0 Å². The Morgan fingerprint density at radius 1 is 1.35 bits per heavy atom. The van der Waals surface area contributed by atoms with Gasteiger partial charge in [-0.05, 0) is 30.8 Å². The minimum absolute atomic E-state index is 0.0417. The lowest BCUT2D eigenvalue weighted by atomic mass is 9.79. The van der Waals surface area contributed by atoms with Crippen molar-refractivity contribution in [3.8, 4) is 0 Å². The molecule has 0 aromatic carbocycles. The zero-order valence-corrected chi connectivity index (χ0v) is 12.5. The smallest absolute Gasteiger partial charge is 0.0672 e. The van der Waals surface area contributed by atoms with Crippen LogP contribution in [0.1, 0.15) is 20.8 Å². The van der Waals surface area contributed by atoms with E-state index in [0.717, 1.165) is 11.4 Å². The Balaban J connectivity index is 2.56. The molecule has 2 nitrogen and oxygen atoms in total. The van der Waals surface area contributed by atoms with Gasteiger partial charge >= 0.3 is 0 Å². The van der Waals surface area contributed by atoms with E-state index >= 15 is 0 Å². The summed E-state index contributed by atoms with van der Waals surface area (Å²) in [6.07, 6.45) is 12.1. The number of fused-ring (bicyclic) bond motifs is 1. The van der Waals surface area contributed by atoms with Gasteiger partial charge in [-0.3, -0.25) is 4.99 Å². The zero-order valence-electron chi connectivity index (χ0n) is 10.4. The Morgan fingerprint density at radius 2 is 2.06 bits per heavy atom. The van der Waals surface area contributed by atoms with E-state index in [9.17, 15) is 0 Å². The third-order valence-electron chi connectivity index (χ3n) is 3.19. The SMILES string of the molecule is CC1(I)C=CC=C2N=C(/C=C/N)C(C)(C)C2=C1. The van der Waals surface area contributed by atoms with E-state index in [4.69, 9.17) is 5.73 Å². The predicted octanol–water partition coefficient (Wildman–Crippen LogP) is 3.51. The third kappa shape index (κ3) is 2.25. The summed E-state index contributed by atoms with van der Waals surface area (Å²) in [5.41, 5.74) is 8.79. The van der Waals surface area contributed by atoms with Crippen molar-refractivity contribution in [1.82, 2.24) is 0 Å². The van der Waals surface area contributed by atoms with Gasteiger partial charge in [0.2, 0.25) is 0 Å². The van der Waals surface area contributed by atoms with Gasteiger partial charge in [0.15, 0.2) is 0 Å². The highest BCUT2D eigenvalue weighted by atomic mass is 127. The second-order valence-electron chi connectivity index (χ2n) is 5.10. The standard InChI is InChI=1S/C14H17IN2/c1-13(2)10-9-14(3,15)7-4-5-11(10)17-12(13)6-8-16/h4-9H,16H2,1-3H3/b8-6+. The maximum atomic E-state index is 5.49. The van der Waals surface area contributed by atoms with Crippen LogP contribution in [0.3, 0.4) is 0 Å². The summed E-state index contributed by atoms with van der Waals surface area (Å²) in [6, 6.07) is 0. The number of nitrogens with zero attached hydrogens (tertiary/aromatic N) is 1. The van der Waals surface area contributed by atoms with E-state index in [-0.39, 0.29) is 8.84 Å². The molecule has 3 heteroatoms. The topological polar surface area (TPSA) is 38.4 Å². The Hall–Kier alpha value is -0.840. The first-order valence-electron chi connectivity index (χ1n) is 5.66. The first-order valence-corrected chi connectivity index (χ1v) is 6.74. The molecule has 1 aliphatic carbocycles. The van der Waals surface area contributed by atoms with Crippen LogP contribution in [0.5, 0.6) is 0 Å². The summed E-state index contributed by atoms with van der Waals surface area (Å²) in [5, 5.41) is 0. The van der Waals surface area contributed by atoms with E-state index in [1.807, 2.05) is 6.08 Å². The molecule has 2 rings (SSSR count). The first-order chi connectivity index (χ1) is 7.87. The highest BCUT2D eigenvalue weighted by molar-refractivity contribution is 14.1. The van der Waals surface area contributed by atoms with Gasteiger partial charge in [-0.1, -0.05) is 54.7 Å². The summed E-state index contributed by atoms with van der Waals surface area (Å²) in [7, 11) is 0. The maximum Gasteiger partial charge on any atom is 0.0672 e. The van der Waals surface area contributed by atoms with Gasteiger partial charge in [0, 0.05) is 5.41 Å². The molecule has 0 bridgehead atoms. The molecule has 1 atom stereocenters. The van der Waals surface area contributed by atoms with E-state index < -0.39 is 0 Å². The number of hydrogen-bond acceptors (Lipinski definition) is 2. The third-order valence-corrected chi connectivity index (χ3v) is 3.86. The van der Waals surface area contributed by atoms with E-state index in [2.05, 4.69) is 72.7 Å². The molecule has 1 heterocycles. The lowest BCUT2D eigenvalue weighted by molar-refractivity contribution is 0.654. The van der Waals surface area contributed by atoms with E-state index in [1.54, 1.807) is 6.20 Å². The molecule has 0 spiro atoms. The molecule has 90 valence electrons. The van der Waals surface area contributed by atoms with Gasteiger partial charge < -0.3 is 5.73 Å². The average Bonchev–Trinajstić information content (AvgIpc) is 2.36. The molecule has 0 radical (unpaired) electrons. The van der Waals surface area contributed by atoms with Gasteiger partial charge in [0.05, 0.1) is 14.8 Å². The van der Waals surface area contributed by atoms with Crippen LogP contribution < -0.4 is 5.73 Å². The summed E-state index contributed by atoms with van der Waals surface area (Å²) in [4.78, 5) is 4.67. The molecule has 17 heavy (non-hydrogen) atoms. The van der Waals surface area contributed by atoms with E-state index in [0.29, 0.717) is 0 Å². The van der Waals surface area contributed by atoms with Crippen LogP contribution in [-0.2, 0) is 0 Å². The van der Waals surface area contributed by atoms with Crippen molar-refractivity contribution in [2.24, 2.45) is 16.1 Å². The van der Waals surface area contributed by atoms with Crippen molar-refractivity contribution >= 4 is 28.3 Å². The Kier molecular flexibility index (Phi) is 3.06. The Bertz CT molecular complexity index is 488. The lowest BCUT2D eigenvalue weighted by Gasteiger charge is -2.23. The van der Waals surface area contributed by atoms with Crippen LogP contribution in [0.15, 0.2) is 52.8 Å². The minimum Gasteiger partial charge on any atom is -0.405 e. The number of alkyl halides is 1. The van der Waals surface area contributed by atoms with Crippen molar-refractivity contribution in [2.45, 2.75) is 24.2 Å². The van der Waals surface area contributed by atoms with Crippen LogP contribution in [0.4, 0.5) is 0 Å². The number of nitrogens with two attached hydrogens (primary N) is 1. The fourth-order valence-corrected chi connectivity index (χ4v) is 2.68. The largest absolute Gasteiger partial charge is 0.405 e. The minimum atomic E-state index is -0.0693. The number of allylic oxidation sites excluding steroid dienone is 6. The molecule has 0 aromatic rings. The molecule has 1 aliphatic heterocycles. The predicted molar refractivity (Wildman–Crippen MR) is 82.3 cm³/mol. The molecule has 1 unspecified atom stereocenters. The van der Waals surface area contributed by atoms with Crippen LogP contribution in [-0.4, -0.2) is 9.13 Å². The summed E-state index contributed by atoms with van der Waals surface area (Å²) in [6.45, 7) is 6.58. The van der Waals surface area contributed by atoms with Crippen molar-refractivity contribution < 1.29 is 0 Å². The van der Waals surface area contributed by atoms with Gasteiger partial charge in [-0.15, -0.1) is 0 Å². The monoisotopic (exact) mass is 340 g/mol. The normalized spacial score (nSPS) is 30.7.